The number of fused-ring (bicyclic) bond motifs is 3. The largest absolute Gasteiger partial charge is 0.311 e. The second kappa shape index (κ2) is 6.94. The van der Waals surface area contributed by atoms with Gasteiger partial charge >= 0.3 is 0 Å². The Morgan fingerprint density at radius 3 is 2.70 bits per heavy atom. The van der Waals surface area contributed by atoms with Crippen molar-refractivity contribution in [3.63, 3.8) is 0 Å². The molecule has 5 heteroatoms. The number of benzene rings is 1. The molecule has 0 saturated carbocycles. The highest BCUT2D eigenvalue weighted by atomic mass is 35.5. The number of rotatable bonds is 3. The third-order valence-corrected chi connectivity index (χ3v) is 5.62. The maximum atomic E-state index is 6.30. The number of nitrogens with zero attached hydrogens (tertiary/aromatic N) is 2. The summed E-state index contributed by atoms with van der Waals surface area (Å²) in [4.78, 5) is 7.06. The van der Waals surface area contributed by atoms with E-state index in [0.717, 1.165) is 34.6 Å². The Labute approximate surface area is 148 Å². The fourth-order valence-corrected chi connectivity index (χ4v) is 4.32. The second-order valence-electron chi connectivity index (χ2n) is 6.78. The lowest BCUT2D eigenvalue weighted by atomic mass is 9.98. The zero-order chi connectivity index (χ0) is 15.1. The van der Waals surface area contributed by atoms with Crippen LogP contribution in [0.2, 0.25) is 5.02 Å². The Hall–Kier alpha value is -0.870. The van der Waals surface area contributed by atoms with Gasteiger partial charge in [0.1, 0.15) is 0 Å². The Bertz CT molecular complexity index is 679. The lowest BCUT2D eigenvalue weighted by Gasteiger charge is -2.35. The summed E-state index contributed by atoms with van der Waals surface area (Å²) in [5.41, 5.74) is 2.31. The quantitative estimate of drug-likeness (QED) is 0.904. The predicted octanol–water partition coefficient (Wildman–Crippen LogP) is 4.02. The molecular weight excluding hydrogens is 329 g/mol. The number of piperidine rings is 1. The third kappa shape index (κ3) is 3.34. The minimum absolute atomic E-state index is 0. The molecule has 0 amide bonds. The number of hydrogen-bond donors (Lipinski definition) is 1. The topological polar surface area (TPSA) is 28.2 Å². The summed E-state index contributed by atoms with van der Waals surface area (Å²) in [6.45, 7) is 0.939. The zero-order valence-corrected chi connectivity index (χ0v) is 14.9. The van der Waals surface area contributed by atoms with Crippen LogP contribution < -0.4 is 5.32 Å². The Kier molecular flexibility index (Phi) is 5.12. The molecule has 0 spiro atoms. The predicted molar refractivity (Wildman–Crippen MR) is 98.4 cm³/mol. The lowest BCUT2D eigenvalue weighted by molar-refractivity contribution is 0.166. The first-order valence-electron chi connectivity index (χ1n) is 8.19. The highest BCUT2D eigenvalue weighted by molar-refractivity contribution is 6.35. The number of halogens is 2. The van der Waals surface area contributed by atoms with Crippen LogP contribution >= 0.6 is 24.0 Å². The van der Waals surface area contributed by atoms with Crippen LogP contribution in [-0.2, 0) is 6.54 Å². The third-order valence-electron chi connectivity index (χ3n) is 5.29. The molecule has 2 aliphatic heterocycles. The minimum Gasteiger partial charge on any atom is -0.311 e. The maximum Gasteiger partial charge on any atom is 0.0761 e. The normalized spacial score (nSPS) is 26.5. The first-order valence-corrected chi connectivity index (χ1v) is 8.57. The average molecular weight is 352 g/mol. The number of hydrogen-bond acceptors (Lipinski definition) is 3. The molecule has 2 aromatic rings. The van der Waals surface area contributed by atoms with Crippen molar-refractivity contribution >= 4 is 34.9 Å². The van der Waals surface area contributed by atoms with Gasteiger partial charge < -0.3 is 5.32 Å². The van der Waals surface area contributed by atoms with Crippen molar-refractivity contribution in [3.8, 4) is 0 Å². The molecular formula is C18H23Cl2N3. The molecule has 23 heavy (non-hydrogen) atoms. The summed E-state index contributed by atoms with van der Waals surface area (Å²) in [6.07, 6.45) is 7.09. The fraction of sp³-hybridized carbons (Fsp3) is 0.500. The Morgan fingerprint density at radius 2 is 1.96 bits per heavy atom. The van der Waals surface area contributed by atoms with E-state index in [1.165, 1.54) is 31.2 Å². The summed E-state index contributed by atoms with van der Waals surface area (Å²) in [5, 5.41) is 5.56. The summed E-state index contributed by atoms with van der Waals surface area (Å²) in [7, 11) is 2.25. The molecule has 2 fully saturated rings. The molecule has 2 unspecified atom stereocenters. The average Bonchev–Trinajstić information content (AvgIpc) is 2.88. The van der Waals surface area contributed by atoms with Crippen molar-refractivity contribution in [1.29, 1.82) is 0 Å². The smallest absolute Gasteiger partial charge is 0.0761 e. The van der Waals surface area contributed by atoms with E-state index in [2.05, 4.69) is 34.4 Å². The second-order valence-corrected chi connectivity index (χ2v) is 7.19. The molecule has 124 valence electrons. The van der Waals surface area contributed by atoms with Gasteiger partial charge in [0.15, 0.2) is 0 Å². The van der Waals surface area contributed by atoms with Gasteiger partial charge in [-0.2, -0.15) is 0 Å². The van der Waals surface area contributed by atoms with Crippen LogP contribution in [0.3, 0.4) is 0 Å². The molecule has 4 rings (SSSR count). The zero-order valence-electron chi connectivity index (χ0n) is 13.3. The molecule has 2 saturated heterocycles. The van der Waals surface area contributed by atoms with E-state index >= 15 is 0 Å². The summed E-state index contributed by atoms with van der Waals surface area (Å²) in [6, 6.07) is 10.3. The molecule has 2 aliphatic rings. The SMILES string of the molecule is CN(Cc1ccc(Cl)c2cccnc12)C1CC2CCC(C1)N2.Cl. The number of aromatic nitrogens is 1. The van der Waals surface area contributed by atoms with Crippen LogP contribution in [0.25, 0.3) is 10.9 Å². The monoisotopic (exact) mass is 351 g/mol. The van der Waals surface area contributed by atoms with Crippen LogP contribution in [0.1, 0.15) is 31.2 Å². The van der Waals surface area contributed by atoms with E-state index in [1.54, 1.807) is 0 Å². The van der Waals surface area contributed by atoms with Crippen LogP contribution in [0, 0.1) is 0 Å². The van der Waals surface area contributed by atoms with E-state index in [0.29, 0.717) is 6.04 Å². The van der Waals surface area contributed by atoms with Crippen LogP contribution in [0.4, 0.5) is 0 Å². The fourth-order valence-electron chi connectivity index (χ4n) is 4.11. The van der Waals surface area contributed by atoms with Gasteiger partial charge in [0.05, 0.1) is 5.52 Å². The molecule has 3 nitrogen and oxygen atoms in total. The molecule has 1 aromatic carbocycles. The van der Waals surface area contributed by atoms with E-state index in [4.69, 9.17) is 11.6 Å². The molecule has 1 aromatic heterocycles. The van der Waals surface area contributed by atoms with Gasteiger partial charge in [-0.25, -0.2) is 0 Å². The van der Waals surface area contributed by atoms with Crippen molar-refractivity contribution in [1.82, 2.24) is 15.2 Å². The first-order chi connectivity index (χ1) is 10.7. The van der Waals surface area contributed by atoms with Gasteiger partial charge in [-0.05, 0) is 56.5 Å². The molecule has 0 radical (unpaired) electrons. The van der Waals surface area contributed by atoms with E-state index in [9.17, 15) is 0 Å². The Balaban J connectivity index is 0.00000156. The van der Waals surface area contributed by atoms with E-state index in [-0.39, 0.29) is 12.4 Å². The highest BCUT2D eigenvalue weighted by Crippen LogP contribution is 2.31. The molecule has 1 N–H and O–H groups in total. The molecule has 3 heterocycles. The van der Waals surface area contributed by atoms with E-state index < -0.39 is 0 Å². The van der Waals surface area contributed by atoms with Gasteiger partial charge in [-0.3, -0.25) is 9.88 Å². The van der Waals surface area contributed by atoms with Crippen LogP contribution in [0.5, 0.6) is 0 Å². The van der Waals surface area contributed by atoms with Gasteiger partial charge in [0.25, 0.3) is 0 Å². The molecule has 2 atom stereocenters. The lowest BCUT2D eigenvalue weighted by Crippen LogP contribution is -2.46. The van der Waals surface area contributed by atoms with E-state index in [1.807, 2.05) is 18.3 Å². The summed E-state index contributed by atoms with van der Waals surface area (Å²) in [5.74, 6) is 0. The van der Waals surface area contributed by atoms with Crippen LogP contribution in [-0.4, -0.2) is 35.1 Å². The maximum absolute atomic E-state index is 6.30. The van der Waals surface area contributed by atoms with Crippen molar-refractivity contribution < 1.29 is 0 Å². The standard InChI is InChI=1S/C18H22ClN3.ClH/c1-22(15-9-13-5-6-14(10-15)21-13)11-12-4-7-17(19)16-3-2-8-20-18(12)16;/h2-4,7-8,13-15,21H,5-6,9-11H2,1H3;1H. The van der Waals surface area contributed by atoms with Gasteiger partial charge in [-0.15, -0.1) is 12.4 Å². The highest BCUT2D eigenvalue weighted by Gasteiger charge is 2.35. The van der Waals surface area contributed by atoms with Crippen molar-refractivity contribution in [3.05, 3.63) is 41.0 Å². The molecule has 2 bridgehead atoms. The minimum atomic E-state index is 0. The number of pyridine rings is 1. The van der Waals surface area contributed by atoms with Crippen molar-refractivity contribution in [2.75, 3.05) is 7.05 Å². The van der Waals surface area contributed by atoms with Crippen molar-refractivity contribution in [2.45, 2.75) is 50.4 Å². The van der Waals surface area contributed by atoms with Crippen LogP contribution in [0.15, 0.2) is 30.5 Å². The Morgan fingerprint density at radius 1 is 1.22 bits per heavy atom. The summed E-state index contributed by atoms with van der Waals surface area (Å²) < 4.78 is 0. The summed E-state index contributed by atoms with van der Waals surface area (Å²) >= 11 is 6.30. The van der Waals surface area contributed by atoms with Gasteiger partial charge in [0, 0.05) is 41.3 Å². The first kappa shape index (κ1) is 17.0. The van der Waals surface area contributed by atoms with Gasteiger partial charge in [0.2, 0.25) is 0 Å². The molecule has 0 aliphatic carbocycles. The van der Waals surface area contributed by atoms with Crippen molar-refractivity contribution in [2.24, 2.45) is 0 Å². The van der Waals surface area contributed by atoms with Gasteiger partial charge in [-0.1, -0.05) is 17.7 Å². The number of nitrogens with one attached hydrogen (secondary N) is 1.